The summed E-state index contributed by atoms with van der Waals surface area (Å²) in [6.07, 6.45) is 5.77. The number of hydrogen-bond donors (Lipinski definition) is 4. The summed E-state index contributed by atoms with van der Waals surface area (Å²) in [6, 6.07) is 0. The maximum absolute atomic E-state index is 11.5. The summed E-state index contributed by atoms with van der Waals surface area (Å²) >= 11 is 0. The standard InChI is InChI=1S/C16H31BN2O5/c1-13(20)19-11-6-14(7-12-19)5-4-9-16(18,15(21)22)8-2-3-10-17(23)24/h14,23-24H,2-12,18H2,1H3,(H,21,22). The minimum absolute atomic E-state index is 0.119. The van der Waals surface area contributed by atoms with Gasteiger partial charge >= 0.3 is 13.1 Å². The molecule has 0 aromatic heterocycles. The Kier molecular flexibility index (Phi) is 8.73. The number of carbonyl (C=O) groups is 2. The number of carbonyl (C=O) groups excluding carboxylic acids is 1. The van der Waals surface area contributed by atoms with Crippen LogP contribution >= 0.6 is 0 Å². The zero-order chi connectivity index (χ0) is 18.2. The number of piperidine rings is 1. The predicted octanol–water partition coefficient (Wildman–Crippen LogP) is 0.840. The second-order valence-electron chi connectivity index (χ2n) is 7.03. The number of carboxylic acid groups (broad SMARTS) is 1. The molecule has 0 aliphatic carbocycles. The van der Waals surface area contributed by atoms with Crippen molar-refractivity contribution in [2.45, 2.75) is 70.1 Å². The highest BCUT2D eigenvalue weighted by Gasteiger charge is 2.33. The van der Waals surface area contributed by atoms with E-state index in [0.29, 0.717) is 31.6 Å². The fraction of sp³-hybridized carbons (Fsp3) is 0.875. The fourth-order valence-electron chi connectivity index (χ4n) is 3.35. The summed E-state index contributed by atoms with van der Waals surface area (Å²) in [7, 11) is -1.34. The number of aliphatic carboxylic acids is 1. The molecule has 1 atom stereocenters. The molecule has 0 aromatic rings. The van der Waals surface area contributed by atoms with Crippen LogP contribution in [0, 0.1) is 5.92 Å². The van der Waals surface area contributed by atoms with Crippen molar-refractivity contribution in [3.63, 3.8) is 0 Å². The first-order valence-electron chi connectivity index (χ1n) is 8.88. The monoisotopic (exact) mass is 342 g/mol. The van der Waals surface area contributed by atoms with Gasteiger partial charge in [0, 0.05) is 20.0 Å². The molecule has 24 heavy (non-hydrogen) atoms. The lowest BCUT2D eigenvalue weighted by Gasteiger charge is -2.32. The molecule has 0 bridgehead atoms. The van der Waals surface area contributed by atoms with Crippen LogP contribution in [0.3, 0.4) is 0 Å². The van der Waals surface area contributed by atoms with Gasteiger partial charge in [0.15, 0.2) is 0 Å². The largest absolute Gasteiger partial charge is 0.480 e. The van der Waals surface area contributed by atoms with E-state index in [1.54, 1.807) is 6.92 Å². The molecular formula is C16H31BN2O5. The Hall–Kier alpha value is -1.12. The average molecular weight is 342 g/mol. The SMILES string of the molecule is CC(=O)N1CCC(CCCC(N)(CCCCB(O)O)C(=O)O)CC1. The Morgan fingerprint density at radius 1 is 1.17 bits per heavy atom. The molecule has 1 saturated heterocycles. The molecule has 0 saturated carbocycles. The van der Waals surface area contributed by atoms with Gasteiger partial charge in [-0.2, -0.15) is 0 Å². The Balaban J connectivity index is 2.30. The van der Waals surface area contributed by atoms with Gasteiger partial charge in [0.05, 0.1) is 0 Å². The van der Waals surface area contributed by atoms with E-state index in [2.05, 4.69) is 0 Å². The number of rotatable bonds is 10. The van der Waals surface area contributed by atoms with E-state index < -0.39 is 18.6 Å². The van der Waals surface area contributed by atoms with Crippen LogP contribution in [0.2, 0.25) is 6.32 Å². The number of carboxylic acids is 1. The van der Waals surface area contributed by atoms with Crippen molar-refractivity contribution in [1.29, 1.82) is 0 Å². The van der Waals surface area contributed by atoms with Crippen LogP contribution in [0.15, 0.2) is 0 Å². The quantitative estimate of drug-likeness (QED) is 0.344. The van der Waals surface area contributed by atoms with Crippen molar-refractivity contribution in [1.82, 2.24) is 4.90 Å². The third-order valence-corrected chi connectivity index (χ3v) is 5.06. The molecule has 1 heterocycles. The summed E-state index contributed by atoms with van der Waals surface area (Å²) in [5, 5.41) is 27.0. The lowest BCUT2D eigenvalue weighted by atomic mass is 9.80. The number of amides is 1. The molecule has 1 aliphatic heterocycles. The Morgan fingerprint density at radius 2 is 1.75 bits per heavy atom. The molecule has 0 spiro atoms. The van der Waals surface area contributed by atoms with Crippen LogP contribution in [-0.4, -0.2) is 57.7 Å². The lowest BCUT2D eigenvalue weighted by molar-refractivity contribution is -0.144. The number of nitrogens with zero attached hydrogens (tertiary/aromatic N) is 1. The van der Waals surface area contributed by atoms with E-state index in [1.807, 2.05) is 4.90 Å². The normalized spacial score (nSPS) is 18.2. The van der Waals surface area contributed by atoms with Gasteiger partial charge in [0.2, 0.25) is 5.91 Å². The molecule has 138 valence electrons. The number of likely N-dealkylation sites (tertiary alicyclic amines) is 1. The maximum Gasteiger partial charge on any atom is 0.451 e. The van der Waals surface area contributed by atoms with Crippen molar-refractivity contribution in [2.75, 3.05) is 13.1 Å². The number of nitrogens with two attached hydrogens (primary N) is 1. The van der Waals surface area contributed by atoms with E-state index in [1.165, 1.54) is 0 Å². The van der Waals surface area contributed by atoms with Gasteiger partial charge in [0.25, 0.3) is 0 Å². The average Bonchev–Trinajstić information content (AvgIpc) is 2.51. The molecular weight excluding hydrogens is 311 g/mol. The summed E-state index contributed by atoms with van der Waals surface area (Å²) in [5.41, 5.74) is 4.82. The van der Waals surface area contributed by atoms with Crippen molar-refractivity contribution in [3.05, 3.63) is 0 Å². The Morgan fingerprint density at radius 3 is 2.25 bits per heavy atom. The summed E-state index contributed by atoms with van der Waals surface area (Å²) in [6.45, 7) is 3.16. The van der Waals surface area contributed by atoms with Crippen LogP contribution in [0.1, 0.15) is 58.3 Å². The Bertz CT molecular complexity index is 413. The van der Waals surface area contributed by atoms with Gasteiger partial charge < -0.3 is 25.8 Å². The van der Waals surface area contributed by atoms with Crippen LogP contribution < -0.4 is 5.73 Å². The van der Waals surface area contributed by atoms with E-state index in [9.17, 15) is 14.7 Å². The molecule has 1 fully saturated rings. The highest BCUT2D eigenvalue weighted by Crippen LogP contribution is 2.26. The highest BCUT2D eigenvalue weighted by molar-refractivity contribution is 6.40. The van der Waals surface area contributed by atoms with Crippen molar-refractivity contribution in [2.24, 2.45) is 11.7 Å². The lowest BCUT2D eigenvalue weighted by Crippen LogP contribution is -2.48. The topological polar surface area (TPSA) is 124 Å². The summed E-state index contributed by atoms with van der Waals surface area (Å²) in [5.74, 6) is -0.338. The number of hydrogen-bond acceptors (Lipinski definition) is 5. The van der Waals surface area contributed by atoms with Gasteiger partial charge in [-0.15, -0.1) is 0 Å². The number of unbranched alkanes of at least 4 members (excludes halogenated alkanes) is 1. The molecule has 0 radical (unpaired) electrons. The van der Waals surface area contributed by atoms with Gasteiger partial charge in [0.1, 0.15) is 5.54 Å². The smallest absolute Gasteiger partial charge is 0.451 e. The second kappa shape index (κ2) is 10.0. The van der Waals surface area contributed by atoms with Gasteiger partial charge in [-0.25, -0.2) is 0 Å². The molecule has 0 aromatic carbocycles. The van der Waals surface area contributed by atoms with Gasteiger partial charge in [-0.1, -0.05) is 25.7 Å². The minimum atomic E-state index is -1.34. The van der Waals surface area contributed by atoms with E-state index in [0.717, 1.165) is 38.8 Å². The van der Waals surface area contributed by atoms with Crippen molar-refractivity contribution >= 4 is 19.0 Å². The van der Waals surface area contributed by atoms with Crippen LogP contribution in [-0.2, 0) is 9.59 Å². The molecule has 5 N–H and O–H groups in total. The maximum atomic E-state index is 11.5. The third-order valence-electron chi connectivity index (χ3n) is 5.06. The molecule has 8 heteroatoms. The molecule has 1 aliphatic rings. The first-order chi connectivity index (χ1) is 11.2. The van der Waals surface area contributed by atoms with Crippen LogP contribution in [0.25, 0.3) is 0 Å². The first-order valence-corrected chi connectivity index (χ1v) is 8.88. The zero-order valence-corrected chi connectivity index (χ0v) is 14.6. The fourth-order valence-corrected chi connectivity index (χ4v) is 3.35. The van der Waals surface area contributed by atoms with E-state index in [-0.39, 0.29) is 12.2 Å². The van der Waals surface area contributed by atoms with E-state index in [4.69, 9.17) is 15.8 Å². The van der Waals surface area contributed by atoms with Crippen LogP contribution in [0.4, 0.5) is 0 Å². The highest BCUT2D eigenvalue weighted by atomic mass is 16.4. The minimum Gasteiger partial charge on any atom is -0.480 e. The van der Waals surface area contributed by atoms with Crippen molar-refractivity contribution < 1.29 is 24.7 Å². The molecule has 1 rings (SSSR count). The third kappa shape index (κ3) is 7.19. The predicted molar refractivity (Wildman–Crippen MR) is 92.2 cm³/mol. The summed E-state index contributed by atoms with van der Waals surface area (Å²) < 4.78 is 0. The van der Waals surface area contributed by atoms with Gasteiger partial charge in [-0.05, 0) is 37.9 Å². The first kappa shape index (κ1) is 20.9. The molecule has 1 unspecified atom stereocenters. The molecule has 1 amide bonds. The van der Waals surface area contributed by atoms with Crippen LogP contribution in [0.5, 0.6) is 0 Å². The zero-order valence-electron chi connectivity index (χ0n) is 14.6. The second-order valence-corrected chi connectivity index (χ2v) is 7.03. The molecule has 7 nitrogen and oxygen atoms in total. The van der Waals surface area contributed by atoms with E-state index >= 15 is 0 Å². The van der Waals surface area contributed by atoms with Gasteiger partial charge in [-0.3, -0.25) is 9.59 Å². The summed E-state index contributed by atoms with van der Waals surface area (Å²) in [4.78, 5) is 24.6. The Labute approximate surface area is 144 Å². The van der Waals surface area contributed by atoms with Crippen molar-refractivity contribution in [3.8, 4) is 0 Å².